The maximum atomic E-state index is 4.93. The van der Waals surface area contributed by atoms with Crippen molar-refractivity contribution in [3.63, 3.8) is 0 Å². The number of halogens is 1. The minimum Gasteiger partial charge on any atom is -0.186 e. The molecule has 0 spiro atoms. The molecule has 2 heterocycles. The molecule has 0 N–H and O–H groups in total. The first-order chi connectivity index (χ1) is 12.2. The Bertz CT molecular complexity index is 940. The second-order valence-electron chi connectivity index (χ2n) is 8.33. The summed E-state index contributed by atoms with van der Waals surface area (Å²) in [4.78, 5) is 0.931. The van der Waals surface area contributed by atoms with E-state index in [2.05, 4.69) is 48.8 Å². The van der Waals surface area contributed by atoms with Gasteiger partial charge in [0.2, 0.25) is 4.96 Å². The van der Waals surface area contributed by atoms with Crippen LogP contribution in [0.1, 0.15) is 44.3 Å². The van der Waals surface area contributed by atoms with E-state index < -0.39 is 0 Å². The van der Waals surface area contributed by atoms with Gasteiger partial charge in [0.25, 0.3) is 0 Å². The summed E-state index contributed by atoms with van der Waals surface area (Å²) >= 11 is 5.20. The summed E-state index contributed by atoms with van der Waals surface area (Å²) < 4.78 is 3.14. The van der Waals surface area contributed by atoms with Gasteiger partial charge < -0.3 is 0 Å². The van der Waals surface area contributed by atoms with Gasteiger partial charge in [-0.1, -0.05) is 39.4 Å². The van der Waals surface area contributed by atoms with Gasteiger partial charge in [-0.3, -0.25) is 0 Å². The molecule has 0 saturated heterocycles. The SMILES string of the molecule is Brc1cccc(-c2nn3c(C45CC6CC(CC(C6)C4)C5)nnc3s2)c1. The Morgan fingerprint density at radius 3 is 2.44 bits per heavy atom. The summed E-state index contributed by atoms with van der Waals surface area (Å²) in [6.45, 7) is 0. The number of nitrogens with zero attached hydrogens (tertiary/aromatic N) is 4. The van der Waals surface area contributed by atoms with Crippen LogP contribution in [0, 0.1) is 17.8 Å². The quantitative estimate of drug-likeness (QED) is 0.586. The summed E-state index contributed by atoms with van der Waals surface area (Å²) in [6.07, 6.45) is 8.22. The van der Waals surface area contributed by atoms with Crippen molar-refractivity contribution in [3.8, 4) is 10.6 Å². The lowest BCUT2D eigenvalue weighted by molar-refractivity contribution is -0.0103. The van der Waals surface area contributed by atoms with Gasteiger partial charge in [-0.25, -0.2) is 0 Å². The Morgan fingerprint density at radius 1 is 1.04 bits per heavy atom. The lowest BCUT2D eigenvalue weighted by Gasteiger charge is -2.55. The highest BCUT2D eigenvalue weighted by molar-refractivity contribution is 9.10. The molecule has 0 radical (unpaired) electrons. The van der Waals surface area contributed by atoms with Gasteiger partial charge in [0.15, 0.2) is 5.82 Å². The smallest absolute Gasteiger partial charge is 0.186 e. The van der Waals surface area contributed by atoms with Crippen molar-refractivity contribution in [1.29, 1.82) is 0 Å². The van der Waals surface area contributed by atoms with Crippen molar-refractivity contribution in [2.75, 3.05) is 0 Å². The first-order valence-electron chi connectivity index (χ1n) is 9.17. The third-order valence-corrected chi connectivity index (χ3v) is 8.02. The molecule has 25 heavy (non-hydrogen) atoms. The normalized spacial score (nSPS) is 33.4. The van der Waals surface area contributed by atoms with E-state index in [4.69, 9.17) is 5.10 Å². The summed E-state index contributed by atoms with van der Waals surface area (Å²) in [5.74, 6) is 3.85. The van der Waals surface area contributed by atoms with Crippen LogP contribution in [0.4, 0.5) is 0 Å². The van der Waals surface area contributed by atoms with Gasteiger partial charge in [-0.2, -0.15) is 9.61 Å². The van der Waals surface area contributed by atoms with Crippen LogP contribution in [0.3, 0.4) is 0 Å². The maximum Gasteiger partial charge on any atom is 0.235 e. The summed E-state index contributed by atoms with van der Waals surface area (Å²) in [5, 5.41) is 15.1. The van der Waals surface area contributed by atoms with E-state index in [-0.39, 0.29) is 5.41 Å². The van der Waals surface area contributed by atoms with E-state index in [0.717, 1.165) is 43.6 Å². The molecule has 4 saturated carbocycles. The number of fused-ring (bicyclic) bond motifs is 1. The molecule has 6 heteroatoms. The summed E-state index contributed by atoms with van der Waals surface area (Å²) in [6, 6.07) is 8.34. The molecule has 0 amide bonds. The minimum atomic E-state index is 0.233. The van der Waals surface area contributed by atoms with E-state index in [1.807, 2.05) is 6.07 Å². The molecular formula is C19H19BrN4S. The molecule has 1 aromatic carbocycles. The number of hydrogen-bond donors (Lipinski definition) is 0. The number of rotatable bonds is 2. The monoisotopic (exact) mass is 414 g/mol. The Kier molecular flexibility index (Phi) is 3.05. The molecule has 7 rings (SSSR count). The zero-order valence-corrected chi connectivity index (χ0v) is 16.3. The van der Waals surface area contributed by atoms with Crippen LogP contribution >= 0.6 is 27.3 Å². The molecule has 4 bridgehead atoms. The average molecular weight is 415 g/mol. The molecular weight excluding hydrogens is 396 g/mol. The zero-order valence-electron chi connectivity index (χ0n) is 13.9. The molecule has 0 unspecified atom stereocenters. The van der Waals surface area contributed by atoms with Crippen LogP contribution in [-0.2, 0) is 5.41 Å². The van der Waals surface area contributed by atoms with Crippen LogP contribution < -0.4 is 0 Å². The highest BCUT2D eigenvalue weighted by Gasteiger charge is 2.54. The van der Waals surface area contributed by atoms with Crippen molar-refractivity contribution in [2.45, 2.75) is 43.9 Å². The molecule has 0 atom stereocenters. The molecule has 2 aromatic heterocycles. The predicted octanol–water partition coefficient (Wildman–Crippen LogP) is 5.08. The number of aromatic nitrogens is 4. The van der Waals surface area contributed by atoms with Crippen molar-refractivity contribution in [1.82, 2.24) is 19.8 Å². The summed E-state index contributed by atoms with van der Waals surface area (Å²) in [5.41, 5.74) is 1.37. The van der Waals surface area contributed by atoms with Crippen molar-refractivity contribution in [2.24, 2.45) is 17.8 Å². The molecule has 0 aliphatic heterocycles. The van der Waals surface area contributed by atoms with Crippen LogP contribution in [-0.4, -0.2) is 19.8 Å². The highest BCUT2D eigenvalue weighted by Crippen LogP contribution is 2.60. The van der Waals surface area contributed by atoms with Gasteiger partial charge in [0.1, 0.15) is 5.01 Å². The van der Waals surface area contributed by atoms with Gasteiger partial charge in [0.05, 0.1) is 0 Å². The molecule has 3 aromatic rings. The van der Waals surface area contributed by atoms with Gasteiger partial charge >= 0.3 is 0 Å². The fraction of sp³-hybridized carbons (Fsp3) is 0.526. The van der Waals surface area contributed by atoms with Crippen LogP contribution in [0.15, 0.2) is 28.7 Å². The Balaban J connectivity index is 1.47. The Morgan fingerprint density at radius 2 is 1.76 bits per heavy atom. The van der Waals surface area contributed by atoms with Crippen molar-refractivity contribution < 1.29 is 0 Å². The average Bonchev–Trinajstić information content (AvgIpc) is 3.13. The van der Waals surface area contributed by atoms with Crippen molar-refractivity contribution >= 4 is 32.2 Å². The molecule has 4 fully saturated rings. The topological polar surface area (TPSA) is 43.1 Å². The van der Waals surface area contributed by atoms with Gasteiger partial charge in [0, 0.05) is 15.5 Å². The molecule has 128 valence electrons. The highest BCUT2D eigenvalue weighted by atomic mass is 79.9. The van der Waals surface area contributed by atoms with Crippen LogP contribution in [0.25, 0.3) is 15.5 Å². The fourth-order valence-corrected chi connectivity index (χ4v) is 7.31. The van der Waals surface area contributed by atoms with E-state index in [9.17, 15) is 0 Å². The second kappa shape index (κ2) is 5.13. The third kappa shape index (κ3) is 2.19. The lowest BCUT2D eigenvalue weighted by Crippen LogP contribution is -2.49. The second-order valence-corrected chi connectivity index (χ2v) is 10.2. The largest absolute Gasteiger partial charge is 0.235 e. The summed E-state index contributed by atoms with van der Waals surface area (Å²) in [7, 11) is 0. The van der Waals surface area contributed by atoms with Crippen LogP contribution in [0.5, 0.6) is 0 Å². The van der Waals surface area contributed by atoms with E-state index >= 15 is 0 Å². The Hall–Kier alpha value is -1.27. The van der Waals surface area contributed by atoms with E-state index in [1.54, 1.807) is 11.3 Å². The van der Waals surface area contributed by atoms with Crippen molar-refractivity contribution in [3.05, 3.63) is 34.6 Å². The third-order valence-electron chi connectivity index (χ3n) is 6.58. The van der Waals surface area contributed by atoms with Gasteiger partial charge in [-0.05, 0) is 68.4 Å². The standard InChI is InChI=1S/C19H19BrN4S/c20-15-3-1-2-14(7-15)16-23-24-17(21-22-18(24)25-16)19-8-11-4-12(9-19)6-13(5-11)10-19/h1-3,7,11-13H,4-6,8-10H2. The first-order valence-corrected chi connectivity index (χ1v) is 10.8. The fourth-order valence-electron chi connectivity index (χ4n) is 6.07. The molecule has 4 nitrogen and oxygen atoms in total. The first kappa shape index (κ1) is 14.9. The van der Waals surface area contributed by atoms with Crippen LogP contribution in [0.2, 0.25) is 0 Å². The Labute approximate surface area is 158 Å². The number of benzene rings is 1. The van der Waals surface area contributed by atoms with Gasteiger partial charge in [-0.15, -0.1) is 10.2 Å². The molecule has 4 aliphatic carbocycles. The zero-order chi connectivity index (χ0) is 16.6. The van der Waals surface area contributed by atoms with E-state index in [1.165, 1.54) is 38.5 Å². The lowest BCUT2D eigenvalue weighted by atomic mass is 9.49. The minimum absolute atomic E-state index is 0.233. The molecule has 4 aliphatic rings. The predicted molar refractivity (Wildman–Crippen MR) is 102 cm³/mol. The van der Waals surface area contributed by atoms with E-state index in [0.29, 0.717) is 0 Å². The maximum absolute atomic E-state index is 4.93. The number of hydrogen-bond acceptors (Lipinski definition) is 4.